The summed E-state index contributed by atoms with van der Waals surface area (Å²) in [5.41, 5.74) is 7.32. The van der Waals surface area contributed by atoms with Crippen molar-refractivity contribution < 1.29 is 29.7 Å². The van der Waals surface area contributed by atoms with E-state index in [9.17, 15) is 29.7 Å². The van der Waals surface area contributed by atoms with Crippen LogP contribution in [0.15, 0.2) is 28.7 Å². The van der Waals surface area contributed by atoms with Gasteiger partial charge in [0.05, 0.1) is 11.5 Å². The second-order valence-corrected chi connectivity index (χ2v) is 10.4. The Hall–Kier alpha value is -3.33. The molecule has 1 saturated heterocycles. The summed E-state index contributed by atoms with van der Waals surface area (Å²) in [4.78, 5) is 42.8. The predicted molar refractivity (Wildman–Crippen MR) is 128 cm³/mol. The number of phenols is 1. The van der Waals surface area contributed by atoms with Gasteiger partial charge in [0.25, 0.3) is 5.91 Å². The lowest BCUT2D eigenvalue weighted by Gasteiger charge is -2.41. The van der Waals surface area contributed by atoms with Crippen molar-refractivity contribution in [2.24, 2.45) is 23.5 Å². The van der Waals surface area contributed by atoms with Gasteiger partial charge in [0.2, 0.25) is 0 Å². The van der Waals surface area contributed by atoms with E-state index in [1.165, 1.54) is 0 Å². The molecule has 4 aliphatic rings. The van der Waals surface area contributed by atoms with E-state index < -0.39 is 34.9 Å². The number of likely N-dealkylation sites (tertiary alicyclic amines) is 1. The Morgan fingerprint density at radius 3 is 2.46 bits per heavy atom. The summed E-state index contributed by atoms with van der Waals surface area (Å²) in [5, 5.41) is 32.7. The Labute approximate surface area is 203 Å². The maximum atomic E-state index is 13.8. The summed E-state index contributed by atoms with van der Waals surface area (Å²) in [6.07, 6.45) is 3.03. The van der Waals surface area contributed by atoms with Crippen molar-refractivity contribution in [3.8, 4) is 5.75 Å². The monoisotopic (exact) mass is 481 g/mol. The first-order chi connectivity index (χ1) is 16.6. The number of Topliss-reactive ketones (excluding diaryl/α,β-unsaturated/α-hetero) is 2. The van der Waals surface area contributed by atoms with E-state index in [1.54, 1.807) is 0 Å². The Morgan fingerprint density at radius 2 is 1.83 bits per heavy atom. The number of aromatic hydroxyl groups is 1. The van der Waals surface area contributed by atoms with Gasteiger partial charge in [0.15, 0.2) is 11.6 Å². The van der Waals surface area contributed by atoms with Gasteiger partial charge >= 0.3 is 0 Å². The Kier molecular flexibility index (Phi) is 5.62. The highest BCUT2D eigenvalue weighted by Crippen LogP contribution is 2.51. The number of nitrogens with two attached hydrogens (primary N) is 1. The van der Waals surface area contributed by atoms with Crippen molar-refractivity contribution in [3.63, 3.8) is 0 Å². The van der Waals surface area contributed by atoms with Crippen molar-refractivity contribution in [3.05, 3.63) is 45.4 Å². The quantitative estimate of drug-likeness (QED) is 0.479. The number of anilines is 1. The first kappa shape index (κ1) is 23.4. The first-order valence-corrected chi connectivity index (χ1v) is 12.1. The second kappa shape index (κ2) is 8.41. The number of allylic oxidation sites excluding steroid dienone is 3. The molecule has 0 spiro atoms. The lowest BCUT2D eigenvalue weighted by atomic mass is 9.62. The van der Waals surface area contributed by atoms with E-state index in [1.807, 2.05) is 25.1 Å². The number of aliphatic hydroxyl groups is 2. The third-order valence-corrected chi connectivity index (χ3v) is 8.02. The minimum absolute atomic E-state index is 0.0319. The van der Waals surface area contributed by atoms with Crippen LogP contribution in [-0.2, 0) is 22.6 Å². The summed E-state index contributed by atoms with van der Waals surface area (Å²) >= 11 is 0. The molecule has 3 aliphatic carbocycles. The first-order valence-electron chi connectivity index (χ1n) is 12.1. The van der Waals surface area contributed by atoms with Crippen LogP contribution in [0.5, 0.6) is 5.75 Å². The number of hydrogen-bond donors (Lipinski definition) is 4. The van der Waals surface area contributed by atoms with E-state index in [-0.39, 0.29) is 40.7 Å². The van der Waals surface area contributed by atoms with Crippen molar-refractivity contribution in [1.29, 1.82) is 0 Å². The number of phenolic OH excluding ortho intramolecular Hbond substituents is 1. The third-order valence-electron chi connectivity index (χ3n) is 8.02. The van der Waals surface area contributed by atoms with Crippen molar-refractivity contribution in [1.82, 2.24) is 4.90 Å². The molecule has 1 aromatic rings. The predicted octanol–water partition coefficient (Wildman–Crippen LogP) is 2.13. The standard InChI is InChI=1S/C26H31N3O6/c1-28(2)16-9-14(11-29-5-3-4-6-29)22(31)20-15(16)8-12-7-13-10-17(30)21(26(27)35)25(34)19(13)23(32)18(12)24(20)33/h9,12-13,19,30-32H,3-8,10-11H2,1-2H3,(H2,27,35). The zero-order valence-corrected chi connectivity index (χ0v) is 20.0. The minimum Gasteiger partial charge on any atom is -0.511 e. The number of aliphatic hydroxyl groups excluding tert-OH is 2. The average Bonchev–Trinajstić information content (AvgIpc) is 3.27. The highest BCUT2D eigenvalue weighted by molar-refractivity contribution is 6.22. The number of rotatable bonds is 4. The van der Waals surface area contributed by atoms with Crippen molar-refractivity contribution >= 4 is 23.2 Å². The van der Waals surface area contributed by atoms with Gasteiger partial charge in [-0.05, 0) is 62.2 Å². The lowest BCUT2D eigenvalue weighted by Crippen LogP contribution is -2.43. The Morgan fingerprint density at radius 1 is 1.14 bits per heavy atom. The Balaban J connectivity index is 1.62. The summed E-state index contributed by atoms with van der Waals surface area (Å²) in [5.74, 6) is -5.01. The molecule has 1 amide bonds. The molecular weight excluding hydrogens is 450 g/mol. The molecule has 3 atom stereocenters. The van der Waals surface area contributed by atoms with Gasteiger partial charge < -0.3 is 26.0 Å². The van der Waals surface area contributed by atoms with E-state index in [0.717, 1.165) is 37.2 Å². The normalized spacial score (nSPS) is 26.5. The van der Waals surface area contributed by atoms with Crippen LogP contribution in [0.2, 0.25) is 0 Å². The van der Waals surface area contributed by atoms with E-state index >= 15 is 0 Å². The molecule has 1 aliphatic heterocycles. The summed E-state index contributed by atoms with van der Waals surface area (Å²) < 4.78 is 0. The lowest BCUT2D eigenvalue weighted by molar-refractivity contribution is -0.126. The number of nitrogens with zero attached hydrogens (tertiary/aromatic N) is 2. The molecule has 35 heavy (non-hydrogen) atoms. The van der Waals surface area contributed by atoms with E-state index in [2.05, 4.69) is 4.90 Å². The fraction of sp³-hybridized carbons (Fsp3) is 0.500. The molecule has 9 nitrogen and oxygen atoms in total. The number of carbonyl (C=O) groups is 3. The third kappa shape index (κ3) is 3.60. The maximum absolute atomic E-state index is 13.8. The van der Waals surface area contributed by atoms with Gasteiger partial charge in [-0.25, -0.2) is 0 Å². The van der Waals surface area contributed by atoms with Gasteiger partial charge in [-0.3, -0.25) is 19.3 Å². The largest absolute Gasteiger partial charge is 0.511 e. The zero-order chi connectivity index (χ0) is 25.2. The summed E-state index contributed by atoms with van der Waals surface area (Å²) in [6.45, 7) is 2.39. The molecule has 1 aromatic carbocycles. The number of carbonyl (C=O) groups excluding carboxylic acids is 3. The number of amides is 1. The number of primary amides is 1. The zero-order valence-electron chi connectivity index (χ0n) is 20.0. The molecular formula is C26H31N3O6. The smallest absolute Gasteiger partial charge is 0.255 e. The van der Waals surface area contributed by atoms with Crippen molar-refractivity contribution in [2.75, 3.05) is 32.1 Å². The average molecular weight is 482 g/mol. The highest BCUT2D eigenvalue weighted by atomic mass is 16.3. The number of fused-ring (bicyclic) bond motifs is 3. The fourth-order valence-electron chi connectivity index (χ4n) is 6.44. The molecule has 3 unspecified atom stereocenters. The fourth-order valence-corrected chi connectivity index (χ4v) is 6.44. The number of benzene rings is 1. The minimum atomic E-state index is -1.10. The molecule has 0 aromatic heterocycles. The highest BCUT2D eigenvalue weighted by Gasteiger charge is 2.50. The summed E-state index contributed by atoms with van der Waals surface area (Å²) in [6, 6.07) is 1.94. The van der Waals surface area contributed by atoms with Crippen LogP contribution in [0.3, 0.4) is 0 Å². The topological polar surface area (TPSA) is 144 Å². The molecule has 5 N–H and O–H groups in total. The van der Waals surface area contributed by atoms with E-state index in [0.29, 0.717) is 24.9 Å². The SMILES string of the molecule is CN(C)c1cc(CN2CCCC2)c(O)c2c1CC1CC3CC(O)=C(C(N)=O)C(=O)C3C(O)=C1C2=O. The van der Waals surface area contributed by atoms with Crippen LogP contribution in [-0.4, -0.2) is 64.9 Å². The van der Waals surface area contributed by atoms with Crippen LogP contribution < -0.4 is 10.6 Å². The van der Waals surface area contributed by atoms with E-state index in [4.69, 9.17) is 5.73 Å². The van der Waals surface area contributed by atoms with Gasteiger partial charge in [-0.2, -0.15) is 0 Å². The maximum Gasteiger partial charge on any atom is 0.255 e. The molecule has 1 heterocycles. The van der Waals surface area contributed by atoms with Crippen LogP contribution in [0, 0.1) is 17.8 Å². The van der Waals surface area contributed by atoms with Crippen LogP contribution >= 0.6 is 0 Å². The van der Waals surface area contributed by atoms with Gasteiger partial charge in [-0.15, -0.1) is 0 Å². The number of hydrogen-bond acceptors (Lipinski definition) is 8. The van der Waals surface area contributed by atoms with Crippen LogP contribution in [0.4, 0.5) is 5.69 Å². The Bertz CT molecular complexity index is 1210. The number of ketones is 2. The van der Waals surface area contributed by atoms with Gasteiger partial charge in [-0.1, -0.05) is 0 Å². The van der Waals surface area contributed by atoms with Crippen molar-refractivity contribution in [2.45, 2.75) is 38.6 Å². The van der Waals surface area contributed by atoms with Gasteiger partial charge in [0.1, 0.15) is 22.8 Å². The molecule has 0 radical (unpaired) electrons. The molecule has 186 valence electrons. The molecule has 9 heteroatoms. The molecule has 5 rings (SSSR count). The van der Waals surface area contributed by atoms with Crippen LogP contribution in [0.1, 0.15) is 47.2 Å². The van der Waals surface area contributed by atoms with Gasteiger partial charge in [0, 0.05) is 43.9 Å². The summed E-state index contributed by atoms with van der Waals surface area (Å²) in [7, 11) is 3.79. The molecule has 1 fully saturated rings. The molecule has 0 saturated carbocycles. The van der Waals surface area contributed by atoms with Crippen LogP contribution in [0.25, 0.3) is 0 Å². The molecule has 0 bridgehead atoms. The second-order valence-electron chi connectivity index (χ2n) is 10.4.